The fourth-order valence-corrected chi connectivity index (χ4v) is 3.28. The number of nitrogens with one attached hydrogen (secondary N) is 1. The first-order valence-electron chi connectivity index (χ1n) is 6.94. The molecule has 2 aromatic rings. The van der Waals surface area contributed by atoms with Crippen LogP contribution < -0.4 is 5.32 Å². The molecule has 0 saturated carbocycles. The number of halogens is 3. The molecule has 0 unspecified atom stereocenters. The third-order valence-corrected chi connectivity index (χ3v) is 4.58. The zero-order valence-electron chi connectivity index (χ0n) is 12.7. The maximum Gasteiger partial charge on any atom is 0.157 e. The van der Waals surface area contributed by atoms with Crippen molar-refractivity contribution in [2.45, 2.75) is 18.5 Å². The van der Waals surface area contributed by atoms with Crippen LogP contribution in [0.2, 0.25) is 0 Å². The van der Waals surface area contributed by atoms with Crippen LogP contribution in [0.15, 0.2) is 53.5 Å². The molecule has 0 fully saturated rings. The summed E-state index contributed by atoms with van der Waals surface area (Å²) >= 11 is 1.52. The predicted octanol–water partition coefficient (Wildman–Crippen LogP) is 4.86. The summed E-state index contributed by atoms with van der Waals surface area (Å²) in [6, 6.07) is 12.6. The summed E-state index contributed by atoms with van der Waals surface area (Å²) < 4.78 is 26.4. The van der Waals surface area contributed by atoms with Gasteiger partial charge in [0.15, 0.2) is 5.17 Å². The van der Waals surface area contributed by atoms with Crippen molar-refractivity contribution >= 4 is 40.9 Å². The molecule has 0 saturated heterocycles. The lowest BCUT2D eigenvalue weighted by Gasteiger charge is -2.32. The minimum absolute atomic E-state index is 0. The summed E-state index contributed by atoms with van der Waals surface area (Å²) in [6.45, 7) is 2.03. The van der Waals surface area contributed by atoms with Crippen LogP contribution in [-0.4, -0.2) is 11.4 Å². The fourth-order valence-electron chi connectivity index (χ4n) is 2.75. The number of nitrogens with zero attached hydrogens (tertiary/aromatic N) is 1. The Hall–Kier alpha value is -1.15. The van der Waals surface area contributed by atoms with Gasteiger partial charge in [0.25, 0.3) is 0 Å². The minimum Gasteiger partial charge on any atom is -0.353 e. The monoisotopic (exact) mass is 446 g/mol. The molecule has 0 bridgehead atoms. The predicted molar refractivity (Wildman–Crippen MR) is 102 cm³/mol. The Kier molecular flexibility index (Phi) is 5.67. The van der Waals surface area contributed by atoms with E-state index < -0.39 is 5.54 Å². The highest BCUT2D eigenvalue weighted by atomic mass is 127. The summed E-state index contributed by atoms with van der Waals surface area (Å²) in [5.74, 6) is -0.540. The van der Waals surface area contributed by atoms with Gasteiger partial charge >= 0.3 is 0 Å². The molecule has 1 aliphatic heterocycles. The largest absolute Gasteiger partial charge is 0.353 e. The number of amidine groups is 1. The van der Waals surface area contributed by atoms with Crippen LogP contribution in [-0.2, 0) is 5.54 Å². The van der Waals surface area contributed by atoms with Crippen LogP contribution >= 0.6 is 35.7 Å². The average Bonchev–Trinajstić information content (AvgIpc) is 2.87. The molecule has 1 aliphatic rings. The molecule has 0 aromatic heterocycles. The number of thioether (sulfide) groups is 1. The van der Waals surface area contributed by atoms with Crippen molar-refractivity contribution in [3.8, 4) is 0 Å². The molecule has 23 heavy (non-hydrogen) atoms. The number of benzene rings is 2. The second-order valence-corrected chi connectivity index (χ2v) is 6.22. The first kappa shape index (κ1) is 18.2. The fraction of sp³-hybridized carbons (Fsp3) is 0.235. The van der Waals surface area contributed by atoms with Gasteiger partial charge in [0.2, 0.25) is 0 Å². The SMILES string of the molecule is CSC1=N[C@H](c2ccc(F)cc2)[C@](C)(c2ccc(F)cc2)N1.I. The Bertz CT molecular complexity index is 704. The second kappa shape index (κ2) is 7.17. The zero-order valence-corrected chi connectivity index (χ0v) is 15.9. The van der Waals surface area contributed by atoms with Crippen molar-refractivity contribution < 1.29 is 8.78 Å². The maximum absolute atomic E-state index is 13.2. The summed E-state index contributed by atoms with van der Waals surface area (Å²) in [5, 5.41) is 4.23. The van der Waals surface area contributed by atoms with E-state index in [1.54, 1.807) is 24.3 Å². The van der Waals surface area contributed by atoms with Gasteiger partial charge in [-0.25, -0.2) is 8.78 Å². The van der Waals surface area contributed by atoms with Crippen LogP contribution in [0, 0.1) is 11.6 Å². The Morgan fingerprint density at radius 3 is 2.04 bits per heavy atom. The van der Waals surface area contributed by atoms with E-state index in [1.807, 2.05) is 13.2 Å². The molecule has 1 N–H and O–H groups in total. The van der Waals surface area contributed by atoms with Crippen molar-refractivity contribution in [2.75, 3.05) is 6.26 Å². The zero-order chi connectivity index (χ0) is 15.7. The van der Waals surface area contributed by atoms with Gasteiger partial charge in [-0.1, -0.05) is 36.0 Å². The normalized spacial score (nSPS) is 23.0. The lowest BCUT2D eigenvalue weighted by molar-refractivity contribution is 0.386. The van der Waals surface area contributed by atoms with E-state index in [9.17, 15) is 8.78 Å². The molecule has 0 radical (unpaired) electrons. The van der Waals surface area contributed by atoms with Gasteiger partial charge in [-0.3, -0.25) is 4.99 Å². The van der Waals surface area contributed by atoms with Gasteiger partial charge < -0.3 is 5.32 Å². The molecule has 122 valence electrons. The Balaban J connectivity index is 0.00000192. The van der Waals surface area contributed by atoms with E-state index >= 15 is 0 Å². The van der Waals surface area contributed by atoms with Gasteiger partial charge in [-0.15, -0.1) is 24.0 Å². The number of hydrogen-bond donors (Lipinski definition) is 1. The van der Waals surface area contributed by atoms with Crippen molar-refractivity contribution in [3.05, 3.63) is 71.3 Å². The molecule has 6 heteroatoms. The highest BCUT2D eigenvalue weighted by Gasteiger charge is 2.42. The van der Waals surface area contributed by atoms with Gasteiger partial charge in [-0.2, -0.15) is 0 Å². The van der Waals surface area contributed by atoms with Crippen molar-refractivity contribution in [2.24, 2.45) is 4.99 Å². The van der Waals surface area contributed by atoms with E-state index in [0.717, 1.165) is 16.3 Å². The third-order valence-electron chi connectivity index (χ3n) is 3.98. The summed E-state index contributed by atoms with van der Waals surface area (Å²) in [6.07, 6.45) is 1.95. The highest BCUT2D eigenvalue weighted by molar-refractivity contribution is 14.0. The summed E-state index contributed by atoms with van der Waals surface area (Å²) in [4.78, 5) is 4.71. The smallest absolute Gasteiger partial charge is 0.157 e. The molecule has 2 aromatic carbocycles. The molecule has 0 aliphatic carbocycles. The second-order valence-electron chi connectivity index (χ2n) is 5.43. The van der Waals surface area contributed by atoms with Crippen molar-refractivity contribution in [1.82, 2.24) is 5.32 Å². The lowest BCUT2D eigenvalue weighted by Crippen LogP contribution is -2.40. The number of aliphatic imine (C=N–C) groups is 1. The van der Waals surface area contributed by atoms with Crippen LogP contribution in [0.4, 0.5) is 8.78 Å². The van der Waals surface area contributed by atoms with Crippen LogP contribution in [0.1, 0.15) is 24.1 Å². The van der Waals surface area contributed by atoms with E-state index in [-0.39, 0.29) is 41.7 Å². The van der Waals surface area contributed by atoms with E-state index in [4.69, 9.17) is 4.99 Å². The van der Waals surface area contributed by atoms with Crippen LogP contribution in [0.5, 0.6) is 0 Å². The average molecular weight is 446 g/mol. The summed E-state index contributed by atoms with van der Waals surface area (Å²) in [5.41, 5.74) is 1.37. The molecule has 2 nitrogen and oxygen atoms in total. The van der Waals surface area contributed by atoms with Crippen molar-refractivity contribution in [1.29, 1.82) is 0 Å². The van der Waals surface area contributed by atoms with E-state index in [2.05, 4.69) is 5.32 Å². The van der Waals surface area contributed by atoms with Crippen LogP contribution in [0.3, 0.4) is 0 Å². The van der Waals surface area contributed by atoms with Crippen molar-refractivity contribution in [3.63, 3.8) is 0 Å². The molecule has 3 rings (SSSR count). The van der Waals surface area contributed by atoms with Gasteiger partial charge in [0, 0.05) is 0 Å². The summed E-state index contributed by atoms with van der Waals surface area (Å²) in [7, 11) is 0. The Morgan fingerprint density at radius 2 is 1.52 bits per heavy atom. The minimum atomic E-state index is -0.496. The molecular formula is C17H17F2IN2S. The highest BCUT2D eigenvalue weighted by Crippen LogP contribution is 2.42. The van der Waals surface area contributed by atoms with E-state index in [1.165, 1.54) is 36.0 Å². The first-order valence-corrected chi connectivity index (χ1v) is 8.17. The maximum atomic E-state index is 13.2. The van der Waals surface area contributed by atoms with Gasteiger partial charge in [-0.05, 0) is 48.6 Å². The van der Waals surface area contributed by atoms with Gasteiger partial charge in [0.1, 0.15) is 17.7 Å². The number of hydrogen-bond acceptors (Lipinski definition) is 3. The van der Waals surface area contributed by atoms with E-state index in [0.29, 0.717) is 0 Å². The molecular weight excluding hydrogens is 429 g/mol. The van der Waals surface area contributed by atoms with Gasteiger partial charge in [0.05, 0.1) is 5.54 Å². The molecule has 0 amide bonds. The van der Waals surface area contributed by atoms with Crippen LogP contribution in [0.25, 0.3) is 0 Å². The third kappa shape index (κ3) is 3.52. The molecule has 2 atom stereocenters. The molecule has 0 spiro atoms. The number of rotatable bonds is 2. The Morgan fingerprint density at radius 1 is 1.00 bits per heavy atom. The quantitative estimate of drug-likeness (QED) is 0.667. The standard InChI is InChI=1S/C17H16F2N2S.HI/c1-17(12-5-9-14(19)10-6-12)15(20-16(21-17)22-2)11-3-7-13(18)8-4-11;/h3-10,15H,1-2H3,(H,20,21);1H/t15-,17+;/m1./s1. The Labute approximate surface area is 155 Å². The molecule has 1 heterocycles. The topological polar surface area (TPSA) is 24.4 Å². The lowest BCUT2D eigenvalue weighted by atomic mass is 9.82. The first-order chi connectivity index (χ1) is 10.5.